The quantitative estimate of drug-likeness (QED) is 0.738. The summed E-state index contributed by atoms with van der Waals surface area (Å²) in [6.07, 6.45) is 4.99. The molecule has 0 bridgehead atoms. The van der Waals surface area contributed by atoms with Gasteiger partial charge in [-0.2, -0.15) is 0 Å². The van der Waals surface area contributed by atoms with Gasteiger partial charge in [0.05, 0.1) is 6.10 Å². The van der Waals surface area contributed by atoms with Crippen LogP contribution in [0.15, 0.2) is 45.5 Å². The Bertz CT molecular complexity index is 686. The molecule has 0 aromatic heterocycles. The molecule has 2 aliphatic carbocycles. The number of Topliss-reactive ketones (excluding diaryl/α,β-unsaturated/α-hetero) is 1. The summed E-state index contributed by atoms with van der Waals surface area (Å²) in [4.78, 5) is 12.7. The van der Waals surface area contributed by atoms with Crippen molar-refractivity contribution >= 4 is 27.8 Å². The van der Waals surface area contributed by atoms with E-state index in [0.717, 1.165) is 40.4 Å². The molecule has 0 saturated heterocycles. The highest BCUT2D eigenvalue weighted by Gasteiger charge is 2.45. The van der Waals surface area contributed by atoms with E-state index in [4.69, 9.17) is 0 Å². The SMILES string of the molecule is CC1=C2CCC[C@H](O)[C@@]2(C)C/C(=C/c2cccc(Br)c2)C1=O. The minimum absolute atomic E-state index is 0.140. The number of aliphatic hydroxyl groups excluding tert-OH is 1. The van der Waals surface area contributed by atoms with E-state index in [1.165, 1.54) is 5.57 Å². The lowest BCUT2D eigenvalue weighted by atomic mass is 9.61. The number of fused-ring (bicyclic) bond motifs is 1. The van der Waals surface area contributed by atoms with Gasteiger partial charge in [-0.05, 0) is 62.0 Å². The number of aliphatic hydroxyl groups is 1. The highest BCUT2D eigenvalue weighted by Crippen LogP contribution is 2.50. The van der Waals surface area contributed by atoms with Gasteiger partial charge in [0.2, 0.25) is 0 Å². The third-order valence-electron chi connectivity index (χ3n) is 5.16. The molecule has 1 aromatic rings. The number of carbonyl (C=O) groups is 1. The number of ketones is 1. The van der Waals surface area contributed by atoms with Gasteiger partial charge in [-0.1, -0.05) is 40.6 Å². The van der Waals surface area contributed by atoms with Crippen LogP contribution in [0.2, 0.25) is 0 Å². The highest BCUT2D eigenvalue weighted by molar-refractivity contribution is 9.10. The van der Waals surface area contributed by atoms with Crippen molar-refractivity contribution in [2.75, 3.05) is 0 Å². The Hall–Kier alpha value is -1.19. The molecule has 116 valence electrons. The molecule has 2 nitrogen and oxygen atoms in total. The molecule has 0 spiro atoms. The Morgan fingerprint density at radius 3 is 2.91 bits per heavy atom. The monoisotopic (exact) mass is 360 g/mol. The highest BCUT2D eigenvalue weighted by atomic mass is 79.9. The molecule has 0 heterocycles. The molecule has 1 saturated carbocycles. The van der Waals surface area contributed by atoms with Crippen molar-refractivity contribution in [1.29, 1.82) is 0 Å². The molecule has 1 aromatic carbocycles. The zero-order valence-corrected chi connectivity index (χ0v) is 14.6. The van der Waals surface area contributed by atoms with Crippen LogP contribution in [0.4, 0.5) is 0 Å². The van der Waals surface area contributed by atoms with Gasteiger partial charge >= 0.3 is 0 Å². The molecule has 2 atom stereocenters. The molecular weight excluding hydrogens is 340 g/mol. The van der Waals surface area contributed by atoms with Gasteiger partial charge in [0.1, 0.15) is 0 Å². The summed E-state index contributed by atoms with van der Waals surface area (Å²) in [5, 5.41) is 10.5. The molecule has 1 fully saturated rings. The van der Waals surface area contributed by atoms with Crippen LogP contribution in [0.1, 0.15) is 45.1 Å². The van der Waals surface area contributed by atoms with Crippen molar-refractivity contribution in [2.45, 2.75) is 45.6 Å². The second-order valence-electron chi connectivity index (χ2n) is 6.66. The minimum Gasteiger partial charge on any atom is -0.392 e. The number of halogens is 1. The summed E-state index contributed by atoms with van der Waals surface area (Å²) < 4.78 is 1.00. The molecule has 22 heavy (non-hydrogen) atoms. The van der Waals surface area contributed by atoms with E-state index in [2.05, 4.69) is 22.9 Å². The lowest BCUT2D eigenvalue weighted by molar-refractivity contribution is -0.113. The predicted octanol–water partition coefficient (Wildman–Crippen LogP) is 4.67. The smallest absolute Gasteiger partial charge is 0.184 e. The fraction of sp³-hybridized carbons (Fsp3) is 0.421. The van der Waals surface area contributed by atoms with E-state index in [1.807, 2.05) is 37.3 Å². The Labute approximate surface area is 140 Å². The van der Waals surface area contributed by atoms with Crippen LogP contribution in [0, 0.1) is 5.41 Å². The topological polar surface area (TPSA) is 37.3 Å². The van der Waals surface area contributed by atoms with E-state index < -0.39 is 0 Å². The number of hydrogen-bond acceptors (Lipinski definition) is 2. The summed E-state index contributed by atoms with van der Waals surface area (Å²) in [5.74, 6) is 0.140. The van der Waals surface area contributed by atoms with Crippen LogP contribution in [0.3, 0.4) is 0 Å². The molecule has 0 amide bonds. The second-order valence-corrected chi connectivity index (χ2v) is 7.58. The van der Waals surface area contributed by atoms with Gasteiger partial charge in [0.25, 0.3) is 0 Å². The Balaban J connectivity index is 2.05. The van der Waals surface area contributed by atoms with Gasteiger partial charge < -0.3 is 5.11 Å². The molecule has 0 unspecified atom stereocenters. The zero-order valence-electron chi connectivity index (χ0n) is 13.0. The van der Waals surface area contributed by atoms with E-state index in [-0.39, 0.29) is 17.3 Å². The third kappa shape index (κ3) is 2.61. The zero-order chi connectivity index (χ0) is 15.9. The van der Waals surface area contributed by atoms with Crippen molar-refractivity contribution in [2.24, 2.45) is 5.41 Å². The van der Waals surface area contributed by atoms with Crippen LogP contribution in [-0.4, -0.2) is 17.0 Å². The number of hydrogen-bond donors (Lipinski definition) is 1. The molecule has 2 aliphatic rings. The third-order valence-corrected chi connectivity index (χ3v) is 5.65. The normalized spacial score (nSPS) is 30.6. The number of carbonyl (C=O) groups excluding carboxylic acids is 1. The fourth-order valence-corrected chi connectivity index (χ4v) is 4.30. The van der Waals surface area contributed by atoms with Gasteiger partial charge in [0, 0.05) is 15.5 Å². The van der Waals surface area contributed by atoms with Gasteiger partial charge in [-0.3, -0.25) is 4.79 Å². The van der Waals surface area contributed by atoms with E-state index in [9.17, 15) is 9.90 Å². The van der Waals surface area contributed by atoms with Crippen LogP contribution < -0.4 is 0 Å². The maximum Gasteiger partial charge on any atom is 0.184 e. The number of allylic oxidation sites excluding steroid dienone is 2. The average molecular weight is 361 g/mol. The van der Waals surface area contributed by atoms with Gasteiger partial charge in [-0.15, -0.1) is 0 Å². The summed E-state index contributed by atoms with van der Waals surface area (Å²) in [6.45, 7) is 4.03. The summed E-state index contributed by atoms with van der Waals surface area (Å²) in [5.41, 5.74) is 3.55. The first kappa shape index (κ1) is 15.7. The van der Waals surface area contributed by atoms with Crippen molar-refractivity contribution in [3.63, 3.8) is 0 Å². The summed E-state index contributed by atoms with van der Waals surface area (Å²) in [6, 6.07) is 7.95. The number of benzene rings is 1. The molecule has 3 heteroatoms. The second kappa shape index (κ2) is 5.78. The maximum absolute atomic E-state index is 12.7. The van der Waals surface area contributed by atoms with Crippen molar-refractivity contribution < 1.29 is 9.90 Å². The Morgan fingerprint density at radius 1 is 1.41 bits per heavy atom. The largest absolute Gasteiger partial charge is 0.392 e. The molecular formula is C19H21BrO2. The van der Waals surface area contributed by atoms with Crippen LogP contribution in [-0.2, 0) is 4.79 Å². The molecule has 1 N–H and O–H groups in total. The Morgan fingerprint density at radius 2 is 2.18 bits per heavy atom. The predicted molar refractivity (Wildman–Crippen MR) is 92.4 cm³/mol. The van der Waals surface area contributed by atoms with Crippen LogP contribution in [0.5, 0.6) is 0 Å². The van der Waals surface area contributed by atoms with E-state index in [1.54, 1.807) is 0 Å². The van der Waals surface area contributed by atoms with Gasteiger partial charge in [-0.25, -0.2) is 0 Å². The Kier molecular flexibility index (Phi) is 4.13. The first-order chi connectivity index (χ1) is 10.4. The van der Waals surface area contributed by atoms with E-state index in [0.29, 0.717) is 6.42 Å². The molecule has 0 aliphatic heterocycles. The van der Waals surface area contributed by atoms with Crippen LogP contribution in [0.25, 0.3) is 6.08 Å². The first-order valence-electron chi connectivity index (χ1n) is 7.81. The van der Waals surface area contributed by atoms with Gasteiger partial charge in [0.15, 0.2) is 5.78 Å². The lowest BCUT2D eigenvalue weighted by Gasteiger charge is -2.45. The average Bonchev–Trinajstić information content (AvgIpc) is 2.47. The van der Waals surface area contributed by atoms with Crippen molar-refractivity contribution in [3.05, 3.63) is 51.0 Å². The first-order valence-corrected chi connectivity index (χ1v) is 8.60. The minimum atomic E-state index is -0.356. The van der Waals surface area contributed by atoms with Crippen molar-refractivity contribution in [3.8, 4) is 0 Å². The summed E-state index contributed by atoms with van der Waals surface area (Å²) in [7, 11) is 0. The molecule has 0 radical (unpaired) electrons. The lowest BCUT2D eigenvalue weighted by Crippen LogP contribution is -2.42. The summed E-state index contributed by atoms with van der Waals surface area (Å²) >= 11 is 3.47. The fourth-order valence-electron chi connectivity index (χ4n) is 3.89. The van der Waals surface area contributed by atoms with Crippen molar-refractivity contribution in [1.82, 2.24) is 0 Å². The van der Waals surface area contributed by atoms with E-state index >= 15 is 0 Å². The number of rotatable bonds is 1. The standard InChI is InChI=1S/C19H21BrO2/c1-12-16-7-4-8-17(21)19(16,2)11-14(18(12)22)9-13-5-3-6-15(20)10-13/h3,5-6,9-10,17,21H,4,7-8,11H2,1-2H3/b14-9-/t17-,19-/m0/s1. The van der Waals surface area contributed by atoms with Crippen LogP contribution >= 0.6 is 15.9 Å². The maximum atomic E-state index is 12.7. The molecule has 3 rings (SSSR count).